The Hall–Kier alpha value is -3.27. The van der Waals surface area contributed by atoms with Crippen LogP contribution in [0.5, 0.6) is 0 Å². The lowest BCUT2D eigenvalue weighted by Crippen LogP contribution is -2.19. The number of aromatic nitrogens is 3. The third-order valence-corrected chi connectivity index (χ3v) is 5.34. The molecule has 1 heterocycles. The summed E-state index contributed by atoms with van der Waals surface area (Å²) < 4.78 is 10.9. The highest BCUT2D eigenvalue weighted by Gasteiger charge is 2.14. The molecule has 36 heavy (non-hydrogen) atoms. The first-order valence-corrected chi connectivity index (χ1v) is 12.6. The summed E-state index contributed by atoms with van der Waals surface area (Å²) in [6, 6.07) is 21.4. The van der Waals surface area contributed by atoms with E-state index in [1.165, 1.54) is 11.1 Å². The van der Waals surface area contributed by atoms with Crippen molar-refractivity contribution in [1.29, 1.82) is 0 Å². The predicted molar refractivity (Wildman–Crippen MR) is 146 cm³/mol. The van der Waals surface area contributed by atoms with E-state index in [0.717, 1.165) is 6.42 Å². The van der Waals surface area contributed by atoms with Crippen LogP contribution in [0.4, 0.5) is 17.8 Å². The smallest absolute Gasteiger partial charge is 0.229 e. The van der Waals surface area contributed by atoms with E-state index in [1.807, 2.05) is 12.1 Å². The molecule has 3 rings (SSSR count). The molecule has 2 aromatic carbocycles. The van der Waals surface area contributed by atoms with Crippen LogP contribution in [0.2, 0.25) is 0 Å². The molecular formula is C27H39N7O2. The standard InChI is InChI=1S/C27H39N7O2/c1-21(2)31-27-33-25(32-26(34-27)30-16-18-36-20-19-35-17-14-28)29-15-13-24(22-9-5-3-6-10-22)23-11-7-4-8-12-23/h3-12,21,24H,13-20,28H2,1-2H3,(H3,29,30,31,32,33,34). The van der Waals surface area contributed by atoms with Crippen LogP contribution >= 0.6 is 0 Å². The van der Waals surface area contributed by atoms with Gasteiger partial charge in [-0.25, -0.2) is 0 Å². The summed E-state index contributed by atoms with van der Waals surface area (Å²) in [6.45, 7) is 8.03. The molecule has 0 bridgehead atoms. The number of benzene rings is 2. The Balaban J connectivity index is 1.58. The number of rotatable bonds is 17. The minimum Gasteiger partial charge on any atom is -0.378 e. The molecule has 0 aliphatic heterocycles. The number of nitrogens with two attached hydrogens (primary N) is 1. The molecule has 3 aromatic rings. The molecule has 1 aromatic heterocycles. The molecule has 0 unspecified atom stereocenters. The molecule has 0 radical (unpaired) electrons. The van der Waals surface area contributed by atoms with E-state index < -0.39 is 0 Å². The van der Waals surface area contributed by atoms with Gasteiger partial charge in [0.15, 0.2) is 0 Å². The summed E-state index contributed by atoms with van der Waals surface area (Å²) in [5.74, 6) is 1.84. The maximum absolute atomic E-state index is 5.57. The van der Waals surface area contributed by atoms with Crippen LogP contribution in [0, 0.1) is 0 Å². The zero-order valence-corrected chi connectivity index (χ0v) is 21.3. The van der Waals surface area contributed by atoms with Gasteiger partial charge >= 0.3 is 0 Å². The predicted octanol–water partition coefficient (Wildman–Crippen LogP) is 3.73. The first-order valence-electron chi connectivity index (χ1n) is 12.6. The van der Waals surface area contributed by atoms with Crippen molar-refractivity contribution >= 4 is 17.8 Å². The number of ether oxygens (including phenoxy) is 2. The maximum atomic E-state index is 5.57. The summed E-state index contributed by atoms with van der Waals surface area (Å²) in [6.07, 6.45) is 0.898. The highest BCUT2D eigenvalue weighted by atomic mass is 16.5. The zero-order valence-electron chi connectivity index (χ0n) is 21.3. The Bertz CT molecular complexity index is 950. The summed E-state index contributed by atoms with van der Waals surface area (Å²) in [5.41, 5.74) is 7.98. The van der Waals surface area contributed by atoms with Crippen LogP contribution < -0.4 is 21.7 Å². The van der Waals surface area contributed by atoms with Crippen LogP contribution in [0.25, 0.3) is 0 Å². The van der Waals surface area contributed by atoms with Crippen LogP contribution in [0.1, 0.15) is 37.3 Å². The van der Waals surface area contributed by atoms with E-state index in [1.54, 1.807) is 0 Å². The van der Waals surface area contributed by atoms with Gasteiger partial charge in [0.2, 0.25) is 17.8 Å². The largest absolute Gasteiger partial charge is 0.378 e. The van der Waals surface area contributed by atoms with E-state index in [0.29, 0.717) is 63.9 Å². The van der Waals surface area contributed by atoms with Crippen molar-refractivity contribution in [2.24, 2.45) is 5.73 Å². The second-order valence-electron chi connectivity index (χ2n) is 8.63. The van der Waals surface area contributed by atoms with E-state index in [9.17, 15) is 0 Å². The van der Waals surface area contributed by atoms with Crippen molar-refractivity contribution in [3.63, 3.8) is 0 Å². The lowest BCUT2D eigenvalue weighted by Gasteiger charge is -2.19. The molecule has 0 saturated carbocycles. The molecule has 0 aliphatic carbocycles. The van der Waals surface area contributed by atoms with E-state index in [4.69, 9.17) is 15.2 Å². The molecule has 0 amide bonds. The Labute approximate surface area is 214 Å². The fourth-order valence-electron chi connectivity index (χ4n) is 3.72. The van der Waals surface area contributed by atoms with Gasteiger partial charge < -0.3 is 31.2 Å². The number of nitrogens with one attached hydrogen (secondary N) is 3. The van der Waals surface area contributed by atoms with Crippen LogP contribution in [-0.2, 0) is 9.47 Å². The average molecular weight is 494 g/mol. The second kappa shape index (κ2) is 15.7. The number of hydrogen-bond acceptors (Lipinski definition) is 9. The van der Waals surface area contributed by atoms with Gasteiger partial charge in [-0.05, 0) is 31.4 Å². The molecule has 5 N–H and O–H groups in total. The third kappa shape index (κ3) is 9.77. The number of nitrogens with zero attached hydrogens (tertiary/aromatic N) is 3. The van der Waals surface area contributed by atoms with Crippen molar-refractivity contribution in [3.05, 3.63) is 71.8 Å². The molecule has 9 nitrogen and oxygen atoms in total. The maximum Gasteiger partial charge on any atom is 0.229 e. The molecule has 0 saturated heterocycles. The topological polar surface area (TPSA) is 119 Å². The lowest BCUT2D eigenvalue weighted by molar-refractivity contribution is 0.0547. The minimum atomic E-state index is 0.200. The van der Waals surface area contributed by atoms with E-state index in [2.05, 4.69) is 93.3 Å². The molecular weight excluding hydrogens is 454 g/mol. The lowest BCUT2D eigenvalue weighted by atomic mass is 9.88. The quantitative estimate of drug-likeness (QED) is 0.209. The Morgan fingerprint density at radius 3 is 1.78 bits per heavy atom. The van der Waals surface area contributed by atoms with Crippen molar-refractivity contribution < 1.29 is 9.47 Å². The van der Waals surface area contributed by atoms with Crippen molar-refractivity contribution in [3.8, 4) is 0 Å². The minimum absolute atomic E-state index is 0.200. The number of anilines is 3. The Morgan fingerprint density at radius 2 is 1.22 bits per heavy atom. The van der Waals surface area contributed by atoms with Gasteiger partial charge in [-0.1, -0.05) is 60.7 Å². The van der Waals surface area contributed by atoms with Crippen LogP contribution in [0.3, 0.4) is 0 Å². The molecule has 9 heteroatoms. The summed E-state index contributed by atoms with van der Waals surface area (Å²) in [7, 11) is 0. The summed E-state index contributed by atoms with van der Waals surface area (Å²) in [5, 5.41) is 9.89. The van der Waals surface area contributed by atoms with E-state index in [-0.39, 0.29) is 12.0 Å². The summed E-state index contributed by atoms with van der Waals surface area (Å²) >= 11 is 0. The van der Waals surface area contributed by atoms with Crippen LogP contribution in [0.15, 0.2) is 60.7 Å². The van der Waals surface area contributed by atoms with Gasteiger partial charge in [0.05, 0.1) is 26.4 Å². The first kappa shape index (κ1) is 27.3. The SMILES string of the molecule is CC(C)Nc1nc(NCCOCCOCCN)nc(NCCC(c2ccccc2)c2ccccc2)n1. The second-order valence-corrected chi connectivity index (χ2v) is 8.63. The van der Waals surface area contributed by atoms with E-state index >= 15 is 0 Å². The average Bonchev–Trinajstić information content (AvgIpc) is 2.89. The normalized spacial score (nSPS) is 11.1. The van der Waals surface area contributed by atoms with Gasteiger partial charge in [-0.2, -0.15) is 15.0 Å². The fraction of sp³-hybridized carbons (Fsp3) is 0.444. The van der Waals surface area contributed by atoms with Gasteiger partial charge in [0.25, 0.3) is 0 Å². The Morgan fingerprint density at radius 1 is 0.694 bits per heavy atom. The van der Waals surface area contributed by atoms with Gasteiger partial charge in [-0.3, -0.25) is 0 Å². The highest BCUT2D eigenvalue weighted by Crippen LogP contribution is 2.27. The first-order chi connectivity index (χ1) is 17.7. The number of hydrogen-bond donors (Lipinski definition) is 4. The Kier molecular flexibility index (Phi) is 11.9. The van der Waals surface area contributed by atoms with Gasteiger partial charge in [0.1, 0.15) is 0 Å². The molecule has 0 aliphatic rings. The zero-order chi connectivity index (χ0) is 25.4. The van der Waals surface area contributed by atoms with Gasteiger partial charge in [0, 0.05) is 31.6 Å². The molecule has 0 fully saturated rings. The van der Waals surface area contributed by atoms with Crippen molar-refractivity contribution in [1.82, 2.24) is 15.0 Å². The monoisotopic (exact) mass is 493 g/mol. The highest BCUT2D eigenvalue weighted by molar-refractivity contribution is 5.42. The summed E-state index contributed by atoms with van der Waals surface area (Å²) in [4.78, 5) is 13.6. The fourth-order valence-corrected chi connectivity index (χ4v) is 3.72. The van der Waals surface area contributed by atoms with Crippen molar-refractivity contribution in [2.45, 2.75) is 32.2 Å². The molecule has 0 spiro atoms. The van der Waals surface area contributed by atoms with Gasteiger partial charge in [-0.15, -0.1) is 0 Å². The molecule has 0 atom stereocenters. The third-order valence-electron chi connectivity index (χ3n) is 5.34. The molecule has 194 valence electrons. The van der Waals surface area contributed by atoms with Crippen LogP contribution in [-0.4, -0.2) is 67.1 Å². The van der Waals surface area contributed by atoms with Crippen molar-refractivity contribution in [2.75, 3.05) is 62.0 Å².